The van der Waals surface area contributed by atoms with E-state index < -0.39 is 54.5 Å². The van der Waals surface area contributed by atoms with Crippen molar-refractivity contribution in [3.8, 4) is 0 Å². The Morgan fingerprint density at radius 3 is 2.26 bits per heavy atom. The van der Waals surface area contributed by atoms with E-state index in [0.29, 0.717) is 5.69 Å². The zero-order valence-electron chi connectivity index (χ0n) is 21.8. The van der Waals surface area contributed by atoms with Crippen molar-refractivity contribution in [2.24, 2.45) is 11.7 Å². The van der Waals surface area contributed by atoms with E-state index in [2.05, 4.69) is 30.9 Å². The SMILES string of the molecule is CC(C)CC(NC(=O)C(CO)NC(=O)C(N)Cc1c[nH]c2ccccc12)C(=O)NC(Cc1cnc[nH]1)C(=O)O. The zero-order chi connectivity index (χ0) is 28.5. The fourth-order valence-electron chi connectivity index (χ4n) is 4.17. The molecule has 0 saturated heterocycles. The number of nitrogens with two attached hydrogens (primary N) is 1. The molecule has 1 aromatic carbocycles. The second-order valence-corrected chi connectivity index (χ2v) is 9.78. The first-order valence-electron chi connectivity index (χ1n) is 12.6. The van der Waals surface area contributed by atoms with Gasteiger partial charge in [0.2, 0.25) is 17.7 Å². The van der Waals surface area contributed by atoms with Crippen molar-refractivity contribution in [1.29, 1.82) is 0 Å². The van der Waals surface area contributed by atoms with Crippen molar-refractivity contribution in [2.75, 3.05) is 6.61 Å². The van der Waals surface area contributed by atoms with Gasteiger partial charge in [-0.15, -0.1) is 0 Å². The first-order chi connectivity index (χ1) is 18.6. The predicted octanol–water partition coefficient (Wildman–Crippen LogP) is -0.419. The van der Waals surface area contributed by atoms with E-state index in [4.69, 9.17) is 5.73 Å². The molecule has 4 unspecified atom stereocenters. The lowest BCUT2D eigenvalue weighted by Gasteiger charge is -2.25. The molecule has 2 aromatic heterocycles. The quantitative estimate of drug-likeness (QED) is 0.134. The van der Waals surface area contributed by atoms with E-state index in [-0.39, 0.29) is 25.2 Å². The van der Waals surface area contributed by atoms with E-state index in [9.17, 15) is 29.4 Å². The maximum absolute atomic E-state index is 13.0. The minimum atomic E-state index is -1.37. The highest BCUT2D eigenvalue weighted by Crippen LogP contribution is 2.18. The van der Waals surface area contributed by atoms with Crippen molar-refractivity contribution in [2.45, 2.75) is 57.3 Å². The van der Waals surface area contributed by atoms with E-state index >= 15 is 0 Å². The molecule has 0 aliphatic heterocycles. The highest BCUT2D eigenvalue weighted by atomic mass is 16.4. The third-order valence-corrected chi connectivity index (χ3v) is 6.20. The van der Waals surface area contributed by atoms with Crippen LogP contribution in [0.3, 0.4) is 0 Å². The summed E-state index contributed by atoms with van der Waals surface area (Å²) in [5.74, 6) is -3.44. The van der Waals surface area contributed by atoms with Crippen LogP contribution < -0.4 is 21.7 Å². The van der Waals surface area contributed by atoms with Crippen LogP contribution in [-0.4, -0.2) is 79.6 Å². The number of aliphatic hydroxyl groups excluding tert-OH is 1. The number of carboxylic acids is 1. The third-order valence-electron chi connectivity index (χ3n) is 6.20. The number of aliphatic hydroxyl groups is 1. The summed E-state index contributed by atoms with van der Waals surface area (Å²) >= 11 is 0. The smallest absolute Gasteiger partial charge is 0.326 e. The average Bonchev–Trinajstić information content (AvgIpc) is 3.56. The number of carbonyl (C=O) groups excluding carboxylic acids is 3. The molecule has 0 spiro atoms. The van der Waals surface area contributed by atoms with Crippen LogP contribution in [-0.2, 0) is 32.0 Å². The van der Waals surface area contributed by atoms with Gasteiger partial charge in [-0.3, -0.25) is 14.4 Å². The molecule has 0 bridgehead atoms. The molecule has 13 nitrogen and oxygen atoms in total. The Balaban J connectivity index is 1.62. The molecule has 9 N–H and O–H groups in total. The lowest BCUT2D eigenvalue weighted by atomic mass is 10.0. The summed E-state index contributed by atoms with van der Waals surface area (Å²) in [5.41, 5.74) is 8.33. The molecule has 0 fully saturated rings. The van der Waals surface area contributed by atoms with Crippen molar-refractivity contribution >= 4 is 34.6 Å². The topological polar surface area (TPSA) is 215 Å². The molecule has 0 aliphatic carbocycles. The maximum atomic E-state index is 13.0. The summed E-state index contributed by atoms with van der Waals surface area (Å²) in [6.45, 7) is 2.94. The van der Waals surface area contributed by atoms with Crippen LogP contribution in [0.1, 0.15) is 31.5 Å². The van der Waals surface area contributed by atoms with Crippen molar-refractivity contribution in [3.63, 3.8) is 0 Å². The van der Waals surface area contributed by atoms with Gasteiger partial charge >= 0.3 is 5.97 Å². The molecule has 13 heteroatoms. The standard InChI is InChI=1S/C26H35N7O6/c1-14(2)7-20(24(36)32-21(26(38)39)9-16-11-28-13-30-16)31-25(37)22(12-34)33-23(35)18(27)8-15-10-29-19-6-4-3-5-17(15)19/h3-6,10-11,13-14,18,20-22,29,34H,7-9,12,27H2,1-2H3,(H,28,30)(H,31,37)(H,32,36)(H,33,35)(H,38,39). The second kappa shape index (κ2) is 13.5. The normalized spacial score (nSPS) is 14.4. The third kappa shape index (κ3) is 8.12. The molecule has 0 radical (unpaired) electrons. The first-order valence-corrected chi connectivity index (χ1v) is 12.6. The van der Waals surface area contributed by atoms with Gasteiger partial charge in [0.15, 0.2) is 0 Å². The number of rotatable bonds is 14. The summed E-state index contributed by atoms with van der Waals surface area (Å²) in [6, 6.07) is 2.82. The predicted molar refractivity (Wildman–Crippen MR) is 142 cm³/mol. The number of hydrogen-bond acceptors (Lipinski definition) is 7. The number of hydrogen-bond donors (Lipinski definition) is 8. The number of aliphatic carboxylic acids is 1. The van der Waals surface area contributed by atoms with Crippen LogP contribution in [0.2, 0.25) is 0 Å². The highest BCUT2D eigenvalue weighted by Gasteiger charge is 2.31. The molecule has 0 aliphatic rings. The molecule has 3 rings (SSSR count). The first kappa shape index (κ1) is 29.3. The van der Waals surface area contributed by atoms with Crippen LogP contribution in [0.4, 0.5) is 0 Å². The Kier molecular flexibility index (Phi) is 10.2. The number of aromatic amines is 2. The molecular weight excluding hydrogens is 506 g/mol. The van der Waals surface area contributed by atoms with Gasteiger partial charge in [0, 0.05) is 35.4 Å². The number of fused-ring (bicyclic) bond motifs is 1. The van der Waals surface area contributed by atoms with Gasteiger partial charge in [0.25, 0.3) is 0 Å². The lowest BCUT2D eigenvalue weighted by Crippen LogP contribution is -2.58. The van der Waals surface area contributed by atoms with Gasteiger partial charge in [-0.2, -0.15) is 0 Å². The zero-order valence-corrected chi connectivity index (χ0v) is 21.8. The van der Waals surface area contributed by atoms with Gasteiger partial charge in [-0.25, -0.2) is 9.78 Å². The Morgan fingerprint density at radius 1 is 0.949 bits per heavy atom. The number of para-hydroxylation sites is 1. The molecule has 4 atom stereocenters. The number of nitrogens with zero attached hydrogens (tertiary/aromatic N) is 1. The van der Waals surface area contributed by atoms with E-state index in [1.165, 1.54) is 12.5 Å². The largest absolute Gasteiger partial charge is 0.480 e. The van der Waals surface area contributed by atoms with Crippen LogP contribution in [0.15, 0.2) is 43.0 Å². The summed E-state index contributed by atoms with van der Waals surface area (Å²) in [4.78, 5) is 60.2. The van der Waals surface area contributed by atoms with Crippen LogP contribution >= 0.6 is 0 Å². The summed E-state index contributed by atoms with van der Waals surface area (Å²) in [7, 11) is 0. The number of aromatic nitrogens is 3. The Hall–Kier alpha value is -4.23. The number of amides is 3. The molecule has 3 aromatic rings. The number of H-pyrrole nitrogens is 2. The highest BCUT2D eigenvalue weighted by molar-refractivity contribution is 5.94. The molecule has 0 saturated carbocycles. The van der Waals surface area contributed by atoms with Crippen LogP contribution in [0.5, 0.6) is 0 Å². The van der Waals surface area contributed by atoms with E-state index in [0.717, 1.165) is 16.5 Å². The molecule has 210 valence electrons. The fraction of sp³-hybridized carbons (Fsp3) is 0.423. The number of benzene rings is 1. The Bertz CT molecular complexity index is 1270. The van der Waals surface area contributed by atoms with Crippen LogP contribution in [0, 0.1) is 5.92 Å². The Morgan fingerprint density at radius 2 is 1.62 bits per heavy atom. The molecule has 39 heavy (non-hydrogen) atoms. The minimum Gasteiger partial charge on any atom is -0.480 e. The van der Waals surface area contributed by atoms with Crippen molar-refractivity contribution in [3.05, 3.63) is 54.2 Å². The van der Waals surface area contributed by atoms with Gasteiger partial charge < -0.3 is 41.9 Å². The molecule has 2 heterocycles. The second-order valence-electron chi connectivity index (χ2n) is 9.78. The van der Waals surface area contributed by atoms with Gasteiger partial charge in [-0.05, 0) is 30.4 Å². The maximum Gasteiger partial charge on any atom is 0.326 e. The van der Waals surface area contributed by atoms with Crippen molar-refractivity contribution < 1.29 is 29.4 Å². The van der Waals surface area contributed by atoms with Gasteiger partial charge in [0.05, 0.1) is 19.0 Å². The van der Waals surface area contributed by atoms with E-state index in [1.54, 1.807) is 6.20 Å². The number of carboxylic acid groups (broad SMARTS) is 1. The Labute approximate surface area is 225 Å². The lowest BCUT2D eigenvalue weighted by molar-refractivity contribution is -0.142. The van der Waals surface area contributed by atoms with Crippen molar-refractivity contribution in [1.82, 2.24) is 30.9 Å². The summed E-state index contributed by atoms with van der Waals surface area (Å²) in [6.07, 6.45) is 4.97. The number of nitrogens with one attached hydrogen (secondary N) is 5. The van der Waals surface area contributed by atoms with Gasteiger partial charge in [0.1, 0.15) is 18.1 Å². The minimum absolute atomic E-state index is 0.0347. The van der Waals surface area contributed by atoms with Gasteiger partial charge in [-0.1, -0.05) is 32.0 Å². The molecular formula is C26H35N7O6. The summed E-state index contributed by atoms with van der Waals surface area (Å²) in [5, 5.41) is 27.7. The average molecular weight is 542 g/mol. The number of carbonyl (C=O) groups is 4. The number of imidazole rings is 1. The summed E-state index contributed by atoms with van der Waals surface area (Å²) < 4.78 is 0. The molecule has 3 amide bonds. The van der Waals surface area contributed by atoms with Crippen LogP contribution in [0.25, 0.3) is 10.9 Å². The fourth-order valence-corrected chi connectivity index (χ4v) is 4.17. The monoisotopic (exact) mass is 541 g/mol. The van der Waals surface area contributed by atoms with E-state index in [1.807, 2.05) is 38.1 Å².